The maximum Gasteiger partial charge on any atom is 0.255 e. The minimum absolute atomic E-state index is 0.0606. The van der Waals surface area contributed by atoms with Crippen molar-refractivity contribution in [2.45, 2.75) is 69.4 Å². The smallest absolute Gasteiger partial charge is 0.255 e. The van der Waals surface area contributed by atoms with Gasteiger partial charge in [-0.2, -0.15) is 4.31 Å². The monoisotopic (exact) mass is 444 g/mol. The molecular formula is C24H32N2O4S. The third-order valence-electron chi connectivity index (χ3n) is 5.91. The van der Waals surface area contributed by atoms with Gasteiger partial charge in [-0.25, -0.2) is 8.42 Å². The number of carbonyl (C=O) groups is 1. The number of nitrogens with one attached hydrogen (secondary N) is 1. The van der Waals surface area contributed by atoms with E-state index in [9.17, 15) is 13.2 Å². The molecule has 0 aromatic heterocycles. The number of hydrogen-bond acceptors (Lipinski definition) is 4. The van der Waals surface area contributed by atoms with Crippen LogP contribution >= 0.6 is 0 Å². The van der Waals surface area contributed by atoms with Gasteiger partial charge in [0, 0.05) is 24.3 Å². The molecule has 31 heavy (non-hydrogen) atoms. The SMILES string of the molecule is CCC(C)Oc1ccc(C(=O)Nc2ccc(S(=O)(=O)N(C)C3CCCCC3)cc2)cc1. The van der Waals surface area contributed by atoms with Crippen LogP contribution < -0.4 is 10.1 Å². The average molecular weight is 445 g/mol. The summed E-state index contributed by atoms with van der Waals surface area (Å²) in [4.78, 5) is 12.8. The number of carbonyl (C=O) groups excluding carboxylic acids is 1. The van der Waals surface area contributed by atoms with E-state index < -0.39 is 10.0 Å². The van der Waals surface area contributed by atoms with E-state index in [1.54, 1.807) is 55.6 Å². The maximum absolute atomic E-state index is 12.9. The highest BCUT2D eigenvalue weighted by Gasteiger charge is 2.28. The largest absolute Gasteiger partial charge is 0.491 e. The van der Waals surface area contributed by atoms with Crippen LogP contribution in [0, 0.1) is 0 Å². The van der Waals surface area contributed by atoms with Crippen LogP contribution in [0.3, 0.4) is 0 Å². The lowest BCUT2D eigenvalue weighted by molar-refractivity contribution is 0.102. The minimum Gasteiger partial charge on any atom is -0.491 e. The summed E-state index contributed by atoms with van der Waals surface area (Å²) in [6.07, 6.45) is 6.15. The van der Waals surface area contributed by atoms with E-state index in [-0.39, 0.29) is 22.9 Å². The number of ether oxygens (including phenoxy) is 1. The van der Waals surface area contributed by atoms with Gasteiger partial charge in [0.25, 0.3) is 5.91 Å². The van der Waals surface area contributed by atoms with Crippen molar-refractivity contribution in [3.05, 3.63) is 54.1 Å². The van der Waals surface area contributed by atoms with Crippen molar-refractivity contribution in [2.24, 2.45) is 0 Å². The van der Waals surface area contributed by atoms with Crippen LogP contribution in [0.1, 0.15) is 62.7 Å². The quantitative estimate of drug-likeness (QED) is 0.617. The van der Waals surface area contributed by atoms with Crippen LogP contribution in [-0.2, 0) is 10.0 Å². The first-order valence-corrected chi connectivity index (χ1v) is 12.4. The Labute approximate surface area is 185 Å². The number of rotatable bonds is 8. The van der Waals surface area contributed by atoms with Gasteiger partial charge in [-0.05, 0) is 74.7 Å². The minimum atomic E-state index is -3.55. The Hall–Kier alpha value is -2.38. The molecule has 0 radical (unpaired) electrons. The summed E-state index contributed by atoms with van der Waals surface area (Å²) in [6.45, 7) is 4.05. The summed E-state index contributed by atoms with van der Waals surface area (Å²) in [7, 11) is -1.88. The van der Waals surface area contributed by atoms with E-state index >= 15 is 0 Å². The second-order valence-electron chi connectivity index (χ2n) is 8.15. The molecule has 1 aliphatic rings. The van der Waals surface area contributed by atoms with Crippen LogP contribution in [0.25, 0.3) is 0 Å². The molecule has 1 saturated carbocycles. The second-order valence-corrected chi connectivity index (χ2v) is 10.2. The van der Waals surface area contributed by atoms with Gasteiger partial charge in [-0.15, -0.1) is 0 Å². The number of sulfonamides is 1. The molecule has 1 unspecified atom stereocenters. The van der Waals surface area contributed by atoms with Crippen molar-refractivity contribution < 1.29 is 17.9 Å². The van der Waals surface area contributed by atoms with Crippen LogP contribution in [0.5, 0.6) is 5.75 Å². The number of amides is 1. The standard InChI is InChI=1S/C24H32N2O4S/c1-4-18(2)30-22-14-10-19(11-15-22)24(27)25-20-12-16-23(17-13-20)31(28,29)26(3)21-8-6-5-7-9-21/h10-18,21H,4-9H2,1-3H3,(H,25,27). The van der Waals surface area contributed by atoms with E-state index in [0.29, 0.717) is 11.3 Å². The molecule has 168 valence electrons. The van der Waals surface area contributed by atoms with E-state index in [2.05, 4.69) is 12.2 Å². The van der Waals surface area contributed by atoms with Gasteiger partial charge in [0.2, 0.25) is 10.0 Å². The zero-order valence-electron chi connectivity index (χ0n) is 18.5. The molecule has 0 bridgehead atoms. The first-order valence-electron chi connectivity index (χ1n) is 11.0. The fourth-order valence-electron chi connectivity index (χ4n) is 3.72. The summed E-state index contributed by atoms with van der Waals surface area (Å²) < 4.78 is 33.1. The highest BCUT2D eigenvalue weighted by molar-refractivity contribution is 7.89. The van der Waals surface area contributed by atoms with Crippen LogP contribution in [0.15, 0.2) is 53.4 Å². The average Bonchev–Trinajstić information content (AvgIpc) is 2.79. The van der Waals surface area contributed by atoms with Crippen LogP contribution in [0.4, 0.5) is 5.69 Å². The molecule has 7 heteroatoms. The van der Waals surface area contributed by atoms with Gasteiger partial charge in [-0.3, -0.25) is 4.79 Å². The summed E-state index contributed by atoms with van der Waals surface area (Å²) in [5.41, 5.74) is 1.05. The number of hydrogen-bond donors (Lipinski definition) is 1. The Morgan fingerprint density at radius 1 is 1.06 bits per heavy atom. The molecule has 1 N–H and O–H groups in total. The zero-order chi connectivity index (χ0) is 22.4. The summed E-state index contributed by atoms with van der Waals surface area (Å²) in [5, 5.41) is 2.81. The normalized spacial score (nSPS) is 16.1. The van der Waals surface area contributed by atoms with Crippen molar-refractivity contribution >= 4 is 21.6 Å². The van der Waals surface area contributed by atoms with Gasteiger partial charge >= 0.3 is 0 Å². The summed E-state index contributed by atoms with van der Waals surface area (Å²) in [5.74, 6) is 0.465. The Kier molecular flexibility index (Phi) is 7.73. The van der Waals surface area contributed by atoms with Crippen LogP contribution in [0.2, 0.25) is 0 Å². The Bertz CT molecular complexity index is 966. The van der Waals surface area contributed by atoms with Crippen molar-refractivity contribution in [1.82, 2.24) is 4.31 Å². The third-order valence-corrected chi connectivity index (χ3v) is 7.83. The topological polar surface area (TPSA) is 75.7 Å². The molecule has 0 saturated heterocycles. The van der Waals surface area contributed by atoms with Gasteiger partial charge < -0.3 is 10.1 Å². The fourth-order valence-corrected chi connectivity index (χ4v) is 5.14. The van der Waals surface area contributed by atoms with Gasteiger partial charge in [0.1, 0.15) is 5.75 Å². The molecule has 3 rings (SSSR count). The lowest BCUT2D eigenvalue weighted by atomic mass is 9.96. The lowest BCUT2D eigenvalue weighted by Crippen LogP contribution is -2.38. The first-order chi connectivity index (χ1) is 14.8. The summed E-state index contributed by atoms with van der Waals surface area (Å²) in [6, 6.07) is 13.4. The molecule has 1 fully saturated rings. The molecule has 2 aromatic rings. The van der Waals surface area contributed by atoms with E-state index in [1.807, 2.05) is 6.92 Å². The molecular weight excluding hydrogens is 412 g/mol. The van der Waals surface area contributed by atoms with Crippen molar-refractivity contribution in [3.8, 4) is 5.75 Å². The molecule has 0 heterocycles. The molecule has 1 atom stereocenters. The predicted octanol–water partition coefficient (Wildman–Crippen LogP) is 5.07. The number of benzene rings is 2. The summed E-state index contributed by atoms with van der Waals surface area (Å²) >= 11 is 0. The number of nitrogens with zero attached hydrogens (tertiary/aromatic N) is 1. The third kappa shape index (κ3) is 5.86. The van der Waals surface area contributed by atoms with Crippen molar-refractivity contribution in [2.75, 3.05) is 12.4 Å². The van der Waals surface area contributed by atoms with E-state index in [0.717, 1.165) is 37.9 Å². The van der Waals surface area contributed by atoms with Crippen LogP contribution in [-0.4, -0.2) is 37.8 Å². The molecule has 1 amide bonds. The lowest BCUT2D eigenvalue weighted by Gasteiger charge is -2.30. The molecule has 6 nitrogen and oxygen atoms in total. The second kappa shape index (κ2) is 10.3. The Balaban J connectivity index is 1.64. The van der Waals surface area contributed by atoms with Crippen molar-refractivity contribution in [1.29, 1.82) is 0 Å². The van der Waals surface area contributed by atoms with Gasteiger partial charge in [-0.1, -0.05) is 26.2 Å². The molecule has 0 aliphatic heterocycles. The maximum atomic E-state index is 12.9. The first kappa shape index (κ1) is 23.3. The van der Waals surface area contributed by atoms with Crippen molar-refractivity contribution in [3.63, 3.8) is 0 Å². The fraction of sp³-hybridized carbons (Fsp3) is 0.458. The Morgan fingerprint density at radius 2 is 1.68 bits per heavy atom. The molecule has 0 spiro atoms. The molecule has 2 aromatic carbocycles. The molecule has 1 aliphatic carbocycles. The predicted molar refractivity (Wildman–Crippen MR) is 123 cm³/mol. The van der Waals surface area contributed by atoms with E-state index in [4.69, 9.17) is 4.74 Å². The highest BCUT2D eigenvalue weighted by atomic mass is 32.2. The number of anilines is 1. The Morgan fingerprint density at radius 3 is 2.26 bits per heavy atom. The van der Waals surface area contributed by atoms with Gasteiger partial charge in [0.15, 0.2) is 0 Å². The zero-order valence-corrected chi connectivity index (χ0v) is 19.3. The van der Waals surface area contributed by atoms with E-state index in [1.165, 1.54) is 10.7 Å². The van der Waals surface area contributed by atoms with Gasteiger partial charge in [0.05, 0.1) is 11.0 Å². The highest BCUT2D eigenvalue weighted by Crippen LogP contribution is 2.27.